The molecule has 1 aromatic carbocycles. The van der Waals surface area contributed by atoms with E-state index in [-0.39, 0.29) is 23.7 Å². The van der Waals surface area contributed by atoms with E-state index in [0.29, 0.717) is 0 Å². The smallest absolute Gasteiger partial charge is 0.223 e. The number of rotatable bonds is 5. The van der Waals surface area contributed by atoms with Crippen molar-refractivity contribution in [1.29, 1.82) is 0 Å². The van der Waals surface area contributed by atoms with Crippen LogP contribution in [-0.4, -0.2) is 42.1 Å². The van der Waals surface area contributed by atoms with Crippen molar-refractivity contribution in [2.75, 3.05) is 36.0 Å². The number of hydrogen-bond donors (Lipinski definition) is 1. The Morgan fingerprint density at radius 2 is 1.77 bits per heavy atom. The summed E-state index contributed by atoms with van der Waals surface area (Å²) in [5, 5.41) is 3.09. The summed E-state index contributed by atoms with van der Waals surface area (Å²) in [6.45, 7) is 5.66. The molecule has 2 saturated heterocycles. The lowest BCUT2D eigenvalue weighted by atomic mass is 9.95. The highest BCUT2D eigenvalue weighted by atomic mass is 19.1. The lowest BCUT2D eigenvalue weighted by Gasteiger charge is -2.36. The van der Waals surface area contributed by atoms with Crippen molar-refractivity contribution in [2.45, 2.75) is 45.1 Å². The molecule has 1 atom stereocenters. The second kappa shape index (κ2) is 9.41. The van der Waals surface area contributed by atoms with Gasteiger partial charge in [-0.1, -0.05) is 12.1 Å². The number of carbonyl (C=O) groups excluding carboxylic acids is 1. The monoisotopic (exact) mass is 411 g/mol. The quantitative estimate of drug-likeness (QED) is 0.813. The molecule has 4 rings (SSSR count). The summed E-state index contributed by atoms with van der Waals surface area (Å²) in [6.07, 6.45) is 8.84. The minimum Gasteiger partial charge on any atom is -0.367 e. The maximum absolute atomic E-state index is 13.1. The molecule has 0 aliphatic carbocycles. The zero-order chi connectivity index (χ0) is 20.9. The molecule has 1 amide bonds. The fraction of sp³-hybridized carbons (Fsp3) is 0.522. The van der Waals surface area contributed by atoms with Crippen LogP contribution in [0.2, 0.25) is 0 Å². The molecule has 0 radical (unpaired) electrons. The molecule has 3 heterocycles. The number of nitrogens with one attached hydrogen (secondary N) is 1. The molecule has 2 aliphatic heterocycles. The van der Waals surface area contributed by atoms with Crippen LogP contribution in [0.15, 0.2) is 36.8 Å². The van der Waals surface area contributed by atoms with Gasteiger partial charge in [0.25, 0.3) is 0 Å². The summed E-state index contributed by atoms with van der Waals surface area (Å²) in [4.78, 5) is 26.3. The van der Waals surface area contributed by atoms with Gasteiger partial charge >= 0.3 is 0 Å². The number of amides is 1. The first kappa shape index (κ1) is 20.6. The van der Waals surface area contributed by atoms with Gasteiger partial charge in [0.1, 0.15) is 12.1 Å². The molecule has 0 spiro atoms. The van der Waals surface area contributed by atoms with Crippen LogP contribution in [0, 0.1) is 11.7 Å². The second-order valence-electron chi connectivity index (χ2n) is 8.32. The second-order valence-corrected chi connectivity index (χ2v) is 8.32. The number of benzene rings is 1. The molecule has 30 heavy (non-hydrogen) atoms. The largest absolute Gasteiger partial charge is 0.367 e. The van der Waals surface area contributed by atoms with Crippen LogP contribution in [0.4, 0.5) is 15.9 Å². The molecule has 7 heteroatoms. The normalized spacial score (nSPS) is 18.9. The first-order valence-corrected chi connectivity index (χ1v) is 11.0. The average Bonchev–Trinajstić information content (AvgIpc) is 2.80. The Morgan fingerprint density at radius 1 is 1.07 bits per heavy atom. The van der Waals surface area contributed by atoms with Gasteiger partial charge in [0.2, 0.25) is 5.91 Å². The molecule has 2 fully saturated rings. The predicted octanol–water partition coefficient (Wildman–Crippen LogP) is 3.70. The number of carbonyl (C=O) groups is 1. The third kappa shape index (κ3) is 4.71. The van der Waals surface area contributed by atoms with Crippen LogP contribution in [0.25, 0.3) is 0 Å². The maximum Gasteiger partial charge on any atom is 0.223 e. The Labute approximate surface area is 177 Å². The van der Waals surface area contributed by atoms with Gasteiger partial charge in [-0.2, -0.15) is 0 Å². The maximum atomic E-state index is 13.1. The van der Waals surface area contributed by atoms with E-state index in [0.717, 1.165) is 56.1 Å². The molecular weight excluding hydrogens is 381 g/mol. The van der Waals surface area contributed by atoms with Gasteiger partial charge in [-0.15, -0.1) is 0 Å². The fourth-order valence-electron chi connectivity index (χ4n) is 4.44. The Balaban J connectivity index is 1.35. The minimum absolute atomic E-state index is 0.00721. The summed E-state index contributed by atoms with van der Waals surface area (Å²) in [7, 11) is 0. The van der Waals surface area contributed by atoms with Gasteiger partial charge in [-0.25, -0.2) is 14.4 Å². The van der Waals surface area contributed by atoms with Crippen LogP contribution in [0.3, 0.4) is 0 Å². The molecule has 1 N–H and O–H groups in total. The topological polar surface area (TPSA) is 61.4 Å². The highest BCUT2D eigenvalue weighted by molar-refractivity contribution is 5.79. The highest BCUT2D eigenvalue weighted by Gasteiger charge is 2.28. The Bertz CT molecular complexity index is 845. The zero-order valence-electron chi connectivity index (χ0n) is 17.6. The molecular formula is C23H30FN5O. The van der Waals surface area contributed by atoms with Gasteiger partial charge in [-0.3, -0.25) is 4.79 Å². The number of anilines is 2. The van der Waals surface area contributed by atoms with E-state index in [1.165, 1.54) is 31.4 Å². The van der Waals surface area contributed by atoms with Crippen molar-refractivity contribution in [3.8, 4) is 0 Å². The Hall–Kier alpha value is -2.70. The van der Waals surface area contributed by atoms with Gasteiger partial charge in [0.05, 0.1) is 17.9 Å². The van der Waals surface area contributed by atoms with Crippen LogP contribution in [0.1, 0.15) is 50.6 Å². The van der Waals surface area contributed by atoms with Crippen molar-refractivity contribution >= 4 is 17.4 Å². The Morgan fingerprint density at radius 3 is 2.47 bits per heavy atom. The van der Waals surface area contributed by atoms with Crippen LogP contribution in [-0.2, 0) is 4.79 Å². The molecule has 1 aromatic heterocycles. The van der Waals surface area contributed by atoms with E-state index in [1.807, 2.05) is 13.1 Å². The van der Waals surface area contributed by atoms with Crippen LogP contribution >= 0.6 is 0 Å². The summed E-state index contributed by atoms with van der Waals surface area (Å²) >= 11 is 0. The van der Waals surface area contributed by atoms with E-state index in [1.54, 1.807) is 18.5 Å². The molecule has 0 bridgehead atoms. The highest BCUT2D eigenvalue weighted by Crippen LogP contribution is 2.31. The zero-order valence-corrected chi connectivity index (χ0v) is 17.6. The van der Waals surface area contributed by atoms with Gasteiger partial charge in [0, 0.05) is 32.1 Å². The van der Waals surface area contributed by atoms with Gasteiger partial charge in [-0.05, 0) is 56.7 Å². The minimum atomic E-state index is -0.265. The van der Waals surface area contributed by atoms with Crippen molar-refractivity contribution < 1.29 is 9.18 Å². The molecule has 2 aliphatic rings. The third-order valence-electron chi connectivity index (χ3n) is 6.26. The number of aromatic nitrogens is 2. The van der Waals surface area contributed by atoms with Gasteiger partial charge < -0.3 is 15.1 Å². The SMILES string of the molecule is CC(NC(=O)C1CCN(c2cncnc2N2CCCCC2)CC1)c1ccc(F)cc1. The molecule has 6 nitrogen and oxygen atoms in total. The first-order chi connectivity index (χ1) is 14.6. The molecule has 160 valence electrons. The van der Waals surface area contributed by atoms with Crippen LogP contribution < -0.4 is 15.1 Å². The lowest BCUT2D eigenvalue weighted by molar-refractivity contribution is -0.126. The standard InChI is InChI=1S/C23H30FN5O/c1-17(18-5-7-20(24)8-6-18)27-23(30)19-9-13-28(14-10-19)21-15-25-16-26-22(21)29-11-3-2-4-12-29/h5-8,15-17,19H,2-4,9-14H2,1H3,(H,27,30). The number of hydrogen-bond acceptors (Lipinski definition) is 5. The van der Waals surface area contributed by atoms with Crippen molar-refractivity contribution in [2.24, 2.45) is 5.92 Å². The summed E-state index contributed by atoms with van der Waals surface area (Å²) in [5.41, 5.74) is 1.99. The molecule has 2 aromatic rings. The Kier molecular flexibility index (Phi) is 6.45. The first-order valence-electron chi connectivity index (χ1n) is 11.0. The van der Waals surface area contributed by atoms with Crippen molar-refractivity contribution in [1.82, 2.24) is 15.3 Å². The third-order valence-corrected chi connectivity index (χ3v) is 6.26. The average molecular weight is 412 g/mol. The van der Waals surface area contributed by atoms with Crippen molar-refractivity contribution in [3.05, 3.63) is 48.2 Å². The van der Waals surface area contributed by atoms with Crippen LogP contribution in [0.5, 0.6) is 0 Å². The summed E-state index contributed by atoms with van der Waals surface area (Å²) < 4.78 is 13.1. The van der Waals surface area contributed by atoms with E-state index in [2.05, 4.69) is 25.1 Å². The number of halogens is 1. The van der Waals surface area contributed by atoms with E-state index in [9.17, 15) is 9.18 Å². The number of nitrogens with zero attached hydrogens (tertiary/aromatic N) is 4. The predicted molar refractivity (Wildman–Crippen MR) is 116 cm³/mol. The van der Waals surface area contributed by atoms with E-state index in [4.69, 9.17) is 0 Å². The molecule has 0 saturated carbocycles. The lowest BCUT2D eigenvalue weighted by Crippen LogP contribution is -2.42. The van der Waals surface area contributed by atoms with E-state index >= 15 is 0 Å². The number of piperidine rings is 2. The van der Waals surface area contributed by atoms with Crippen molar-refractivity contribution in [3.63, 3.8) is 0 Å². The summed E-state index contributed by atoms with van der Waals surface area (Å²) in [6, 6.07) is 6.17. The summed E-state index contributed by atoms with van der Waals surface area (Å²) in [5.74, 6) is 0.829. The van der Waals surface area contributed by atoms with Gasteiger partial charge in [0.15, 0.2) is 5.82 Å². The van der Waals surface area contributed by atoms with E-state index < -0.39 is 0 Å². The fourth-order valence-corrected chi connectivity index (χ4v) is 4.44. The molecule has 1 unspecified atom stereocenters.